The number of likely N-dealkylation sites (N-methyl/N-ethyl adjacent to an activating group) is 1. The lowest BCUT2D eigenvalue weighted by Gasteiger charge is -2.21. The lowest BCUT2D eigenvalue weighted by molar-refractivity contribution is -0.142. The second-order valence-electron chi connectivity index (χ2n) is 4.60. The van der Waals surface area contributed by atoms with Crippen LogP contribution < -0.4 is 5.32 Å². The number of nitrogens with one attached hydrogen (secondary N) is 1. The third kappa shape index (κ3) is 4.97. The molecule has 5 nitrogen and oxygen atoms in total. The number of aliphatic carboxylic acids is 1. The summed E-state index contributed by atoms with van der Waals surface area (Å²) in [5.41, 5.74) is 0.125. The van der Waals surface area contributed by atoms with Crippen molar-refractivity contribution in [1.29, 1.82) is 0 Å². The summed E-state index contributed by atoms with van der Waals surface area (Å²) in [6.45, 7) is 4.27. The molecular formula is C14H19FN2O3. The first-order chi connectivity index (χ1) is 9.43. The lowest BCUT2D eigenvalue weighted by Crippen LogP contribution is -2.37. The highest BCUT2D eigenvalue weighted by molar-refractivity contribution is 5.92. The van der Waals surface area contributed by atoms with Crippen molar-refractivity contribution >= 4 is 17.6 Å². The Bertz CT molecular complexity index is 479. The van der Waals surface area contributed by atoms with Crippen LogP contribution >= 0.6 is 0 Å². The van der Waals surface area contributed by atoms with Gasteiger partial charge in [-0.2, -0.15) is 0 Å². The SMILES string of the molecule is CCN(CC(=O)Nc1ccccc1F)CC(C)C(=O)O. The van der Waals surface area contributed by atoms with Crippen molar-refractivity contribution in [3.8, 4) is 0 Å². The molecule has 0 heterocycles. The van der Waals surface area contributed by atoms with E-state index in [4.69, 9.17) is 5.11 Å². The van der Waals surface area contributed by atoms with Crippen LogP contribution in [0.15, 0.2) is 24.3 Å². The highest BCUT2D eigenvalue weighted by atomic mass is 19.1. The number of amides is 1. The van der Waals surface area contributed by atoms with E-state index in [9.17, 15) is 14.0 Å². The molecule has 1 aromatic rings. The van der Waals surface area contributed by atoms with Gasteiger partial charge in [0.25, 0.3) is 0 Å². The van der Waals surface area contributed by atoms with Gasteiger partial charge in [-0.1, -0.05) is 26.0 Å². The summed E-state index contributed by atoms with van der Waals surface area (Å²) >= 11 is 0. The smallest absolute Gasteiger partial charge is 0.307 e. The summed E-state index contributed by atoms with van der Waals surface area (Å²) in [5.74, 6) is -2.33. The number of carbonyl (C=O) groups is 2. The fourth-order valence-electron chi connectivity index (χ4n) is 1.73. The van der Waals surface area contributed by atoms with Gasteiger partial charge in [-0.3, -0.25) is 14.5 Å². The van der Waals surface area contributed by atoms with Gasteiger partial charge in [0, 0.05) is 6.54 Å². The number of hydrogen-bond donors (Lipinski definition) is 2. The number of nitrogens with zero attached hydrogens (tertiary/aromatic N) is 1. The van der Waals surface area contributed by atoms with Crippen LogP contribution in [0.1, 0.15) is 13.8 Å². The predicted octanol–water partition coefficient (Wildman–Crippen LogP) is 1.81. The number of carbonyl (C=O) groups excluding carboxylic acids is 1. The van der Waals surface area contributed by atoms with Crippen molar-refractivity contribution < 1.29 is 19.1 Å². The molecule has 0 bridgehead atoms. The van der Waals surface area contributed by atoms with E-state index in [-0.39, 0.29) is 24.7 Å². The minimum Gasteiger partial charge on any atom is -0.481 e. The van der Waals surface area contributed by atoms with E-state index >= 15 is 0 Å². The van der Waals surface area contributed by atoms with Gasteiger partial charge in [0.05, 0.1) is 18.2 Å². The zero-order chi connectivity index (χ0) is 15.1. The Morgan fingerprint density at radius 2 is 2.05 bits per heavy atom. The number of hydrogen-bond acceptors (Lipinski definition) is 3. The normalized spacial score (nSPS) is 12.2. The summed E-state index contributed by atoms with van der Waals surface area (Å²) in [6, 6.07) is 5.91. The summed E-state index contributed by atoms with van der Waals surface area (Å²) < 4.78 is 13.4. The average Bonchev–Trinajstić information content (AvgIpc) is 2.40. The van der Waals surface area contributed by atoms with E-state index in [2.05, 4.69) is 5.32 Å². The number of carboxylic acid groups (broad SMARTS) is 1. The van der Waals surface area contributed by atoms with Crippen molar-refractivity contribution in [2.75, 3.05) is 25.0 Å². The third-order valence-electron chi connectivity index (χ3n) is 2.92. The van der Waals surface area contributed by atoms with Gasteiger partial charge in [-0.15, -0.1) is 0 Å². The largest absolute Gasteiger partial charge is 0.481 e. The van der Waals surface area contributed by atoms with Crippen LogP contribution in [0.3, 0.4) is 0 Å². The molecule has 0 aliphatic carbocycles. The average molecular weight is 282 g/mol. The molecule has 0 saturated heterocycles. The fourth-order valence-corrected chi connectivity index (χ4v) is 1.73. The number of para-hydroxylation sites is 1. The molecule has 0 aliphatic rings. The summed E-state index contributed by atoms with van der Waals surface area (Å²) in [4.78, 5) is 24.3. The molecule has 0 spiro atoms. The number of carboxylic acids is 1. The molecule has 1 rings (SSSR count). The zero-order valence-corrected chi connectivity index (χ0v) is 11.6. The number of halogens is 1. The van der Waals surface area contributed by atoms with Crippen LogP contribution in [-0.4, -0.2) is 41.5 Å². The van der Waals surface area contributed by atoms with Gasteiger partial charge in [0.1, 0.15) is 5.82 Å². The molecule has 1 unspecified atom stereocenters. The van der Waals surface area contributed by atoms with E-state index < -0.39 is 17.7 Å². The molecule has 0 aromatic heterocycles. The second-order valence-corrected chi connectivity index (χ2v) is 4.60. The highest BCUT2D eigenvalue weighted by Crippen LogP contribution is 2.12. The molecule has 2 N–H and O–H groups in total. The first-order valence-corrected chi connectivity index (χ1v) is 6.43. The zero-order valence-electron chi connectivity index (χ0n) is 11.6. The maximum absolute atomic E-state index is 13.4. The van der Waals surface area contributed by atoms with E-state index in [1.165, 1.54) is 18.2 Å². The van der Waals surface area contributed by atoms with Gasteiger partial charge in [-0.05, 0) is 18.7 Å². The second kappa shape index (κ2) is 7.59. The standard InChI is InChI=1S/C14H19FN2O3/c1-3-17(8-10(2)14(19)20)9-13(18)16-12-7-5-4-6-11(12)15/h4-7,10H,3,8-9H2,1-2H3,(H,16,18)(H,19,20). The Morgan fingerprint density at radius 1 is 1.40 bits per heavy atom. The maximum atomic E-state index is 13.4. The van der Waals surface area contributed by atoms with Crippen molar-refractivity contribution in [3.63, 3.8) is 0 Å². The van der Waals surface area contributed by atoms with E-state index in [0.29, 0.717) is 6.54 Å². The third-order valence-corrected chi connectivity index (χ3v) is 2.92. The van der Waals surface area contributed by atoms with Gasteiger partial charge in [0.15, 0.2) is 0 Å². The lowest BCUT2D eigenvalue weighted by atomic mass is 10.1. The monoisotopic (exact) mass is 282 g/mol. The Balaban J connectivity index is 2.55. The minimum absolute atomic E-state index is 0.0302. The molecule has 0 saturated carbocycles. The van der Waals surface area contributed by atoms with Crippen LogP contribution in [-0.2, 0) is 9.59 Å². The molecule has 0 fully saturated rings. The first-order valence-electron chi connectivity index (χ1n) is 6.43. The van der Waals surface area contributed by atoms with Gasteiger partial charge < -0.3 is 10.4 Å². The van der Waals surface area contributed by atoms with Crippen LogP contribution in [0.2, 0.25) is 0 Å². The van der Waals surface area contributed by atoms with Gasteiger partial charge >= 0.3 is 5.97 Å². The van der Waals surface area contributed by atoms with Crippen LogP contribution in [0, 0.1) is 11.7 Å². The Hall–Kier alpha value is -1.95. The molecule has 1 atom stereocenters. The van der Waals surface area contributed by atoms with Gasteiger partial charge in [0.2, 0.25) is 5.91 Å². The topological polar surface area (TPSA) is 69.6 Å². The van der Waals surface area contributed by atoms with E-state index in [0.717, 1.165) is 0 Å². The summed E-state index contributed by atoms with van der Waals surface area (Å²) in [6.07, 6.45) is 0. The van der Waals surface area contributed by atoms with Crippen molar-refractivity contribution in [2.45, 2.75) is 13.8 Å². The summed E-state index contributed by atoms with van der Waals surface area (Å²) in [7, 11) is 0. The maximum Gasteiger partial charge on any atom is 0.307 e. The van der Waals surface area contributed by atoms with E-state index in [1.54, 1.807) is 17.9 Å². The Morgan fingerprint density at radius 3 is 2.60 bits per heavy atom. The molecule has 1 amide bonds. The molecule has 0 aliphatic heterocycles. The molecule has 110 valence electrons. The Kier molecular flexibility index (Phi) is 6.11. The van der Waals surface area contributed by atoms with Crippen molar-refractivity contribution in [1.82, 2.24) is 4.90 Å². The van der Waals surface area contributed by atoms with Gasteiger partial charge in [-0.25, -0.2) is 4.39 Å². The molecule has 0 radical (unpaired) electrons. The van der Waals surface area contributed by atoms with E-state index in [1.807, 2.05) is 6.92 Å². The molecular weight excluding hydrogens is 263 g/mol. The summed E-state index contributed by atoms with van der Waals surface area (Å²) in [5, 5.41) is 11.3. The van der Waals surface area contributed by atoms with Crippen LogP contribution in [0.25, 0.3) is 0 Å². The Labute approximate surface area is 117 Å². The highest BCUT2D eigenvalue weighted by Gasteiger charge is 2.17. The van der Waals surface area contributed by atoms with Crippen LogP contribution in [0.4, 0.5) is 10.1 Å². The fraction of sp³-hybridized carbons (Fsp3) is 0.429. The number of benzene rings is 1. The number of anilines is 1. The quantitative estimate of drug-likeness (QED) is 0.800. The van der Waals surface area contributed by atoms with Crippen molar-refractivity contribution in [3.05, 3.63) is 30.1 Å². The first kappa shape index (κ1) is 16.1. The predicted molar refractivity (Wildman–Crippen MR) is 73.9 cm³/mol. The molecule has 20 heavy (non-hydrogen) atoms. The van der Waals surface area contributed by atoms with Crippen LogP contribution in [0.5, 0.6) is 0 Å². The molecule has 6 heteroatoms. The molecule has 1 aromatic carbocycles. The van der Waals surface area contributed by atoms with Crippen molar-refractivity contribution in [2.24, 2.45) is 5.92 Å². The minimum atomic E-state index is -0.905. The number of rotatable bonds is 7.